The van der Waals surface area contributed by atoms with E-state index in [0.717, 1.165) is 0 Å². The number of hydrogen-bond acceptors (Lipinski definition) is 5. The lowest BCUT2D eigenvalue weighted by molar-refractivity contribution is -0.192. The highest BCUT2D eigenvalue weighted by molar-refractivity contribution is 5.98. The number of aliphatic carboxylic acids is 1. The molecule has 14 heteroatoms. The van der Waals surface area contributed by atoms with Gasteiger partial charge in [0.05, 0.1) is 5.56 Å². The maximum absolute atomic E-state index is 11.6. The van der Waals surface area contributed by atoms with E-state index in [1.165, 1.54) is 25.2 Å². The number of nitrogens with zero attached hydrogens (tertiary/aromatic N) is 1. The van der Waals surface area contributed by atoms with Crippen LogP contribution in [0.1, 0.15) is 10.4 Å². The predicted molar refractivity (Wildman–Crippen MR) is 89.8 cm³/mol. The van der Waals surface area contributed by atoms with Crippen molar-refractivity contribution in [3.05, 3.63) is 29.8 Å². The van der Waals surface area contributed by atoms with Crippen LogP contribution >= 0.6 is 0 Å². The number of carboxylic acid groups (broad SMARTS) is 2. The van der Waals surface area contributed by atoms with Crippen LogP contribution in [-0.4, -0.2) is 59.8 Å². The number of urea groups is 1. The second-order valence-electron chi connectivity index (χ2n) is 4.64. The van der Waals surface area contributed by atoms with Crippen LogP contribution in [0.5, 0.6) is 0 Å². The third kappa shape index (κ3) is 10.2. The fraction of sp³-hybridized carbons (Fsp3) is 0.214. The van der Waals surface area contributed by atoms with Gasteiger partial charge in [-0.3, -0.25) is 10.1 Å². The third-order valence-corrected chi connectivity index (χ3v) is 2.50. The van der Waals surface area contributed by atoms with Crippen molar-refractivity contribution in [2.75, 3.05) is 18.9 Å². The van der Waals surface area contributed by atoms with E-state index < -0.39 is 30.1 Å². The van der Waals surface area contributed by atoms with Crippen molar-refractivity contribution in [2.45, 2.75) is 6.18 Å². The van der Waals surface area contributed by atoms with Gasteiger partial charge in [-0.05, 0) is 18.2 Å². The van der Waals surface area contributed by atoms with E-state index in [4.69, 9.17) is 20.7 Å². The summed E-state index contributed by atoms with van der Waals surface area (Å²) in [5.74, 6) is -4.56. The summed E-state index contributed by atoms with van der Waals surface area (Å²) < 4.78 is 31.7. The zero-order chi connectivity index (χ0) is 21.9. The number of carboxylic acids is 2. The topological polar surface area (TPSA) is 183 Å². The zero-order valence-corrected chi connectivity index (χ0v) is 14.2. The van der Waals surface area contributed by atoms with E-state index in [1.807, 2.05) is 0 Å². The minimum Gasteiger partial charge on any atom is -0.478 e. The van der Waals surface area contributed by atoms with Gasteiger partial charge in [-0.2, -0.15) is 13.2 Å². The van der Waals surface area contributed by atoms with Crippen LogP contribution < -0.4 is 21.7 Å². The number of aliphatic imine (C=N–C) groups is 1. The summed E-state index contributed by atoms with van der Waals surface area (Å²) in [6, 6.07) is 5.22. The number of halogens is 3. The molecule has 1 aromatic carbocycles. The van der Waals surface area contributed by atoms with Gasteiger partial charge in [0, 0.05) is 12.7 Å². The summed E-state index contributed by atoms with van der Waals surface area (Å²) in [6.07, 6.45) is -5.08. The van der Waals surface area contributed by atoms with Gasteiger partial charge in [-0.15, -0.1) is 0 Å². The zero-order valence-electron chi connectivity index (χ0n) is 14.2. The molecule has 7 N–H and O–H groups in total. The Labute approximate surface area is 155 Å². The highest BCUT2D eigenvalue weighted by Crippen LogP contribution is 2.13. The monoisotopic (exact) mass is 407 g/mol. The quantitative estimate of drug-likeness (QED) is 0.304. The molecule has 0 spiro atoms. The highest BCUT2D eigenvalue weighted by Gasteiger charge is 2.38. The van der Waals surface area contributed by atoms with Gasteiger partial charge >= 0.3 is 24.1 Å². The van der Waals surface area contributed by atoms with Crippen LogP contribution in [-0.2, 0) is 9.59 Å². The van der Waals surface area contributed by atoms with Gasteiger partial charge in [0.15, 0.2) is 5.96 Å². The van der Waals surface area contributed by atoms with E-state index in [1.54, 1.807) is 6.07 Å². The number of alkyl halides is 3. The second kappa shape index (κ2) is 11.0. The maximum atomic E-state index is 11.6. The number of aromatic carboxylic acids is 1. The summed E-state index contributed by atoms with van der Waals surface area (Å²) in [5, 5.41) is 22.9. The Kier molecular flexibility index (Phi) is 9.49. The molecule has 0 aromatic heterocycles. The fourth-order valence-corrected chi connectivity index (χ4v) is 1.31. The molecule has 0 unspecified atom stereocenters. The minimum atomic E-state index is -5.08. The number of hydrogen-bond donors (Lipinski definition) is 6. The Bertz CT molecular complexity index is 766. The van der Waals surface area contributed by atoms with Crippen LogP contribution in [0.25, 0.3) is 0 Å². The Morgan fingerprint density at radius 1 is 1.18 bits per heavy atom. The van der Waals surface area contributed by atoms with Crippen molar-refractivity contribution in [2.24, 2.45) is 10.7 Å². The summed E-state index contributed by atoms with van der Waals surface area (Å²) in [7, 11) is 1.41. The first kappa shape index (κ1) is 24.2. The molecule has 28 heavy (non-hydrogen) atoms. The van der Waals surface area contributed by atoms with Crippen LogP contribution in [0, 0.1) is 0 Å². The van der Waals surface area contributed by atoms with Gasteiger partial charge in [-0.25, -0.2) is 19.4 Å². The first-order valence-corrected chi connectivity index (χ1v) is 7.08. The number of amides is 3. The first-order chi connectivity index (χ1) is 12.9. The van der Waals surface area contributed by atoms with Crippen LogP contribution in [0.4, 0.5) is 23.7 Å². The molecule has 0 aliphatic carbocycles. The fourth-order valence-electron chi connectivity index (χ4n) is 1.31. The molecule has 11 nitrogen and oxygen atoms in total. The molecule has 0 bridgehead atoms. The maximum Gasteiger partial charge on any atom is 0.490 e. The van der Waals surface area contributed by atoms with E-state index in [2.05, 4.69) is 20.9 Å². The van der Waals surface area contributed by atoms with Gasteiger partial charge < -0.3 is 26.6 Å². The Hall–Kier alpha value is -3.84. The van der Waals surface area contributed by atoms with Crippen LogP contribution in [0.15, 0.2) is 29.3 Å². The number of carbonyl (C=O) groups excluding carboxylic acids is 2. The molecule has 0 saturated carbocycles. The summed E-state index contributed by atoms with van der Waals surface area (Å²) in [6.45, 7) is -0.312. The number of nitrogens with two attached hydrogens (primary N) is 1. The number of carbonyl (C=O) groups is 4. The lowest BCUT2D eigenvalue weighted by atomic mass is 10.2. The first-order valence-electron chi connectivity index (χ1n) is 7.08. The normalized spacial score (nSPS) is 10.8. The number of nitrogens with one attached hydrogen (secondary N) is 3. The highest BCUT2D eigenvalue weighted by atomic mass is 19.4. The van der Waals surface area contributed by atoms with Crippen molar-refractivity contribution in [1.29, 1.82) is 0 Å². The summed E-state index contributed by atoms with van der Waals surface area (Å²) >= 11 is 0. The second-order valence-corrected chi connectivity index (χ2v) is 4.64. The molecule has 0 saturated heterocycles. The lowest BCUT2D eigenvalue weighted by Crippen LogP contribution is -2.42. The SMILES string of the molecule is CNC(=O)NC(N)=NCC(=O)Nc1cccc(C(=O)O)c1.O=C(O)C(F)(F)F. The standard InChI is InChI=1S/C12H15N5O4.C2HF3O2/c1-14-12(21)17-11(13)15-6-9(18)16-8-4-2-3-7(5-8)10(19)20;3-2(4,5)1(6)7/h2-5H,6H2,1H3,(H,16,18)(H,19,20)(H4,13,14,15,17,21);(H,6,7). The Balaban J connectivity index is 0.000000887. The number of benzene rings is 1. The Morgan fingerprint density at radius 2 is 1.75 bits per heavy atom. The molecular weight excluding hydrogens is 391 g/mol. The average molecular weight is 407 g/mol. The molecule has 0 aliphatic heterocycles. The minimum absolute atomic E-state index is 0.0529. The van der Waals surface area contributed by atoms with Gasteiger partial charge in [-0.1, -0.05) is 6.07 Å². The van der Waals surface area contributed by atoms with Gasteiger partial charge in [0.25, 0.3) is 0 Å². The third-order valence-electron chi connectivity index (χ3n) is 2.50. The number of rotatable bonds is 4. The Morgan fingerprint density at radius 3 is 2.21 bits per heavy atom. The molecule has 0 atom stereocenters. The molecule has 0 fully saturated rings. The van der Waals surface area contributed by atoms with Crippen molar-refractivity contribution < 1.29 is 42.6 Å². The van der Waals surface area contributed by atoms with Crippen LogP contribution in [0.3, 0.4) is 0 Å². The lowest BCUT2D eigenvalue weighted by Gasteiger charge is -2.05. The smallest absolute Gasteiger partial charge is 0.478 e. The van der Waals surface area contributed by atoms with E-state index in [0.29, 0.717) is 5.69 Å². The molecule has 1 aromatic rings. The molecule has 154 valence electrons. The molecule has 0 heterocycles. The number of anilines is 1. The van der Waals surface area contributed by atoms with Crippen molar-refractivity contribution >= 4 is 35.5 Å². The van der Waals surface area contributed by atoms with Crippen LogP contribution in [0.2, 0.25) is 0 Å². The summed E-state index contributed by atoms with van der Waals surface area (Å²) in [5.41, 5.74) is 5.76. The largest absolute Gasteiger partial charge is 0.490 e. The van der Waals surface area contributed by atoms with Crippen molar-refractivity contribution in [1.82, 2.24) is 10.6 Å². The molecule has 1 rings (SSSR count). The molecule has 0 aliphatic rings. The summed E-state index contributed by atoms with van der Waals surface area (Å²) in [4.78, 5) is 45.9. The molecular formula is C14H16F3N5O6. The average Bonchev–Trinajstić information content (AvgIpc) is 2.59. The van der Waals surface area contributed by atoms with E-state index >= 15 is 0 Å². The molecule has 0 radical (unpaired) electrons. The van der Waals surface area contributed by atoms with E-state index in [-0.39, 0.29) is 18.1 Å². The molecule has 3 amide bonds. The predicted octanol–water partition coefficient (Wildman–Crippen LogP) is 0.200. The van der Waals surface area contributed by atoms with Gasteiger partial charge in [0.1, 0.15) is 6.54 Å². The van der Waals surface area contributed by atoms with Crippen molar-refractivity contribution in [3.63, 3.8) is 0 Å². The van der Waals surface area contributed by atoms with Gasteiger partial charge in [0.2, 0.25) is 5.91 Å². The van der Waals surface area contributed by atoms with Crippen molar-refractivity contribution in [3.8, 4) is 0 Å². The number of guanidine groups is 1. The van der Waals surface area contributed by atoms with E-state index in [9.17, 15) is 27.6 Å².